The van der Waals surface area contributed by atoms with Gasteiger partial charge in [-0.1, -0.05) is 22.9 Å². The maximum absolute atomic E-state index is 13.7. The molecule has 0 aliphatic heterocycles. The Labute approximate surface area is 130 Å². The molecule has 0 aliphatic carbocycles. The molecule has 112 valence electrons. The van der Waals surface area contributed by atoms with E-state index < -0.39 is 11.6 Å². The summed E-state index contributed by atoms with van der Waals surface area (Å²) < 4.78 is 32.8. The fourth-order valence-corrected chi connectivity index (χ4v) is 2.15. The van der Waals surface area contributed by atoms with Gasteiger partial charge in [-0.3, -0.25) is 4.98 Å². The van der Waals surface area contributed by atoms with Gasteiger partial charge in [0, 0.05) is 23.3 Å². The third-order valence-electron chi connectivity index (χ3n) is 2.71. The quantitative estimate of drug-likeness (QED) is 0.614. The Morgan fingerprint density at radius 2 is 2.10 bits per heavy atom. The first-order chi connectivity index (χ1) is 10.1. The SMILES string of the molecule is CCCNCc1cc(Oc2cc(Br)cc(F)c2F)ccn1. The minimum atomic E-state index is -1.01. The lowest BCUT2D eigenvalue weighted by Crippen LogP contribution is -2.14. The summed E-state index contributed by atoms with van der Waals surface area (Å²) in [5.74, 6) is -1.73. The molecule has 0 aliphatic rings. The van der Waals surface area contributed by atoms with E-state index in [4.69, 9.17) is 4.74 Å². The third-order valence-corrected chi connectivity index (χ3v) is 3.17. The number of aromatic nitrogens is 1. The highest BCUT2D eigenvalue weighted by atomic mass is 79.9. The monoisotopic (exact) mass is 356 g/mol. The van der Waals surface area contributed by atoms with Crippen LogP contribution in [-0.2, 0) is 6.54 Å². The van der Waals surface area contributed by atoms with Crippen molar-refractivity contribution in [2.24, 2.45) is 0 Å². The van der Waals surface area contributed by atoms with Crippen LogP contribution in [0.15, 0.2) is 34.9 Å². The van der Waals surface area contributed by atoms with Gasteiger partial charge in [0.15, 0.2) is 11.6 Å². The highest BCUT2D eigenvalue weighted by Gasteiger charge is 2.12. The zero-order valence-corrected chi connectivity index (χ0v) is 13.1. The average molecular weight is 357 g/mol. The molecule has 1 aromatic heterocycles. The van der Waals surface area contributed by atoms with Crippen molar-refractivity contribution in [3.8, 4) is 11.5 Å². The first-order valence-corrected chi connectivity index (χ1v) is 7.37. The van der Waals surface area contributed by atoms with E-state index in [-0.39, 0.29) is 5.75 Å². The van der Waals surface area contributed by atoms with Gasteiger partial charge in [-0.2, -0.15) is 4.39 Å². The Kier molecular flexibility index (Phi) is 5.64. The van der Waals surface area contributed by atoms with Gasteiger partial charge in [0.2, 0.25) is 5.82 Å². The molecular formula is C15H15BrF2N2O. The van der Waals surface area contributed by atoms with Crippen LogP contribution in [0.1, 0.15) is 19.0 Å². The van der Waals surface area contributed by atoms with Gasteiger partial charge >= 0.3 is 0 Å². The van der Waals surface area contributed by atoms with E-state index in [1.54, 1.807) is 18.3 Å². The molecule has 0 amide bonds. The summed E-state index contributed by atoms with van der Waals surface area (Å²) in [6.45, 7) is 3.56. The minimum Gasteiger partial charge on any atom is -0.454 e. The number of hydrogen-bond acceptors (Lipinski definition) is 3. The summed E-state index contributed by atoms with van der Waals surface area (Å²) in [6, 6.07) is 5.73. The van der Waals surface area contributed by atoms with Gasteiger partial charge in [0.05, 0.1) is 5.69 Å². The van der Waals surface area contributed by atoms with Crippen molar-refractivity contribution in [1.29, 1.82) is 0 Å². The molecule has 0 fully saturated rings. The van der Waals surface area contributed by atoms with Crippen molar-refractivity contribution in [3.05, 3.63) is 52.3 Å². The van der Waals surface area contributed by atoms with Crippen LogP contribution in [0.5, 0.6) is 11.5 Å². The zero-order chi connectivity index (χ0) is 15.2. The highest BCUT2D eigenvalue weighted by molar-refractivity contribution is 9.10. The number of halogens is 3. The van der Waals surface area contributed by atoms with Crippen LogP contribution in [0, 0.1) is 11.6 Å². The summed E-state index contributed by atoms with van der Waals surface area (Å²) in [5, 5.41) is 3.21. The Morgan fingerprint density at radius 1 is 1.29 bits per heavy atom. The van der Waals surface area contributed by atoms with Gasteiger partial charge in [-0.05, 0) is 31.2 Å². The lowest BCUT2D eigenvalue weighted by molar-refractivity contribution is 0.414. The lowest BCUT2D eigenvalue weighted by atomic mass is 10.3. The second-order valence-corrected chi connectivity index (χ2v) is 5.38. The first-order valence-electron chi connectivity index (χ1n) is 6.58. The van der Waals surface area contributed by atoms with Crippen LogP contribution in [0.3, 0.4) is 0 Å². The van der Waals surface area contributed by atoms with Crippen LogP contribution in [0.25, 0.3) is 0 Å². The molecule has 1 aromatic carbocycles. The number of pyridine rings is 1. The zero-order valence-electron chi connectivity index (χ0n) is 11.5. The molecule has 0 bridgehead atoms. The smallest absolute Gasteiger partial charge is 0.201 e. The molecule has 3 nitrogen and oxygen atoms in total. The van der Waals surface area contributed by atoms with E-state index in [2.05, 4.69) is 33.2 Å². The number of benzene rings is 1. The second-order valence-electron chi connectivity index (χ2n) is 4.46. The van der Waals surface area contributed by atoms with Crippen molar-refractivity contribution < 1.29 is 13.5 Å². The largest absolute Gasteiger partial charge is 0.454 e. The molecule has 0 unspecified atom stereocenters. The van der Waals surface area contributed by atoms with Gasteiger partial charge < -0.3 is 10.1 Å². The van der Waals surface area contributed by atoms with Crippen molar-refractivity contribution in [3.63, 3.8) is 0 Å². The van der Waals surface area contributed by atoms with Crippen molar-refractivity contribution in [2.75, 3.05) is 6.54 Å². The summed E-state index contributed by atoms with van der Waals surface area (Å²) in [6.07, 6.45) is 2.60. The summed E-state index contributed by atoms with van der Waals surface area (Å²) >= 11 is 3.11. The Morgan fingerprint density at radius 3 is 2.86 bits per heavy atom. The van der Waals surface area contributed by atoms with Crippen molar-refractivity contribution >= 4 is 15.9 Å². The first kappa shape index (κ1) is 15.9. The lowest BCUT2D eigenvalue weighted by Gasteiger charge is -2.09. The molecule has 1 heterocycles. The van der Waals surface area contributed by atoms with Crippen LogP contribution in [0.4, 0.5) is 8.78 Å². The standard InChI is InChI=1S/C15H15BrF2N2O/c1-2-4-19-9-11-8-12(3-5-20-11)21-14-7-10(16)6-13(17)15(14)18/h3,5-8,19H,2,4,9H2,1H3. The minimum absolute atomic E-state index is 0.166. The van der Waals surface area contributed by atoms with Gasteiger partial charge in [0.25, 0.3) is 0 Å². The predicted octanol–water partition coefficient (Wildman–Crippen LogP) is 4.41. The maximum Gasteiger partial charge on any atom is 0.201 e. The van der Waals surface area contributed by atoms with E-state index in [1.165, 1.54) is 6.07 Å². The van der Waals surface area contributed by atoms with Crippen LogP contribution >= 0.6 is 15.9 Å². The maximum atomic E-state index is 13.7. The van der Waals surface area contributed by atoms with Crippen molar-refractivity contribution in [2.45, 2.75) is 19.9 Å². The molecule has 2 aromatic rings. The molecule has 1 N–H and O–H groups in total. The number of nitrogens with zero attached hydrogens (tertiary/aromatic N) is 1. The van der Waals surface area contributed by atoms with Gasteiger partial charge in [-0.25, -0.2) is 4.39 Å². The van der Waals surface area contributed by atoms with Crippen LogP contribution in [0.2, 0.25) is 0 Å². The van der Waals surface area contributed by atoms with Crippen LogP contribution < -0.4 is 10.1 Å². The van der Waals surface area contributed by atoms with Crippen molar-refractivity contribution in [1.82, 2.24) is 10.3 Å². The molecule has 0 saturated heterocycles. The Bertz CT molecular complexity index is 623. The molecule has 2 rings (SSSR count). The predicted molar refractivity (Wildman–Crippen MR) is 80.4 cm³/mol. The average Bonchev–Trinajstić information content (AvgIpc) is 2.45. The molecular weight excluding hydrogens is 342 g/mol. The van der Waals surface area contributed by atoms with E-state index in [9.17, 15) is 8.78 Å². The number of rotatable bonds is 6. The summed E-state index contributed by atoms with van der Waals surface area (Å²) in [7, 11) is 0. The van der Waals surface area contributed by atoms with Gasteiger partial charge in [0.1, 0.15) is 5.75 Å². The molecule has 21 heavy (non-hydrogen) atoms. The third kappa shape index (κ3) is 4.47. The molecule has 6 heteroatoms. The molecule has 0 saturated carbocycles. The fourth-order valence-electron chi connectivity index (χ4n) is 1.74. The summed E-state index contributed by atoms with van der Waals surface area (Å²) in [4.78, 5) is 4.19. The van der Waals surface area contributed by atoms with E-state index in [1.807, 2.05) is 0 Å². The normalized spacial score (nSPS) is 10.7. The Balaban J connectivity index is 2.14. The Hall–Kier alpha value is -1.53. The van der Waals surface area contributed by atoms with Crippen LogP contribution in [-0.4, -0.2) is 11.5 Å². The summed E-state index contributed by atoms with van der Waals surface area (Å²) in [5.41, 5.74) is 0.775. The molecule has 0 atom stereocenters. The van der Waals surface area contributed by atoms with Gasteiger partial charge in [-0.15, -0.1) is 0 Å². The number of ether oxygens (including phenoxy) is 1. The molecule has 0 radical (unpaired) electrons. The van der Waals surface area contributed by atoms with E-state index >= 15 is 0 Å². The topological polar surface area (TPSA) is 34.1 Å². The van der Waals surface area contributed by atoms with E-state index in [0.29, 0.717) is 16.8 Å². The second kappa shape index (κ2) is 7.47. The highest BCUT2D eigenvalue weighted by Crippen LogP contribution is 2.29. The van der Waals surface area contributed by atoms with E-state index in [0.717, 1.165) is 24.7 Å². The number of hydrogen-bond donors (Lipinski definition) is 1. The fraction of sp³-hybridized carbons (Fsp3) is 0.267. The molecule has 0 spiro atoms. The number of nitrogens with one attached hydrogen (secondary N) is 1.